The van der Waals surface area contributed by atoms with Crippen molar-refractivity contribution in [1.82, 2.24) is 8.96 Å². The topological polar surface area (TPSA) is 52.0 Å². The minimum Gasteiger partial charge on any atom is -0.217 e. The normalized spacial score (nSPS) is 11.2. The highest BCUT2D eigenvalue weighted by Crippen LogP contribution is 2.18. The lowest BCUT2D eigenvalue weighted by Crippen LogP contribution is -1.94. The molecule has 1 heterocycles. The van der Waals surface area contributed by atoms with Crippen LogP contribution in [0.5, 0.6) is 0 Å². The van der Waals surface area contributed by atoms with Crippen LogP contribution in [0.2, 0.25) is 5.28 Å². The van der Waals surface area contributed by atoms with Crippen LogP contribution in [0.3, 0.4) is 0 Å². The second-order valence-electron chi connectivity index (χ2n) is 2.42. The smallest absolute Gasteiger partial charge is 0.217 e. The molecule has 13 heavy (non-hydrogen) atoms. The lowest BCUT2D eigenvalue weighted by atomic mass is 10.3. The number of fused-ring (bicyclic) bond motifs is 1. The van der Waals surface area contributed by atoms with E-state index in [1.807, 2.05) is 0 Å². The standard InChI is InChI=1S/C7H5ClN2O2S/c8-7-9-5-3-1-2-4-6(5)10(7)13(11)12/h1-4,13H. The molecule has 0 radical (unpaired) electrons. The van der Waals surface area contributed by atoms with Crippen LogP contribution < -0.4 is 0 Å². The lowest BCUT2D eigenvalue weighted by Gasteiger charge is -1.92. The maximum absolute atomic E-state index is 10.8. The summed E-state index contributed by atoms with van der Waals surface area (Å²) >= 11 is 5.63. The number of benzene rings is 1. The summed E-state index contributed by atoms with van der Waals surface area (Å²) in [5.74, 6) is 0. The second-order valence-corrected chi connectivity index (χ2v) is 3.63. The molecule has 0 bridgehead atoms. The predicted octanol–water partition coefficient (Wildman–Crippen LogP) is 1.06. The number of aromatic nitrogens is 2. The van der Waals surface area contributed by atoms with Crippen LogP contribution in [-0.4, -0.2) is 17.4 Å². The molecule has 0 N–H and O–H groups in total. The van der Waals surface area contributed by atoms with Crippen molar-refractivity contribution in [1.29, 1.82) is 0 Å². The van der Waals surface area contributed by atoms with E-state index < -0.39 is 10.9 Å². The third-order valence-corrected chi connectivity index (χ3v) is 2.76. The molecular weight excluding hydrogens is 212 g/mol. The van der Waals surface area contributed by atoms with E-state index >= 15 is 0 Å². The Morgan fingerprint density at radius 3 is 2.69 bits per heavy atom. The maximum atomic E-state index is 10.8. The fourth-order valence-corrected chi connectivity index (χ4v) is 2.03. The van der Waals surface area contributed by atoms with Crippen molar-refractivity contribution < 1.29 is 8.42 Å². The van der Waals surface area contributed by atoms with E-state index in [1.165, 1.54) is 0 Å². The SMILES string of the molecule is O=[SH](=O)n1c(Cl)nc2ccccc21. The summed E-state index contributed by atoms with van der Waals surface area (Å²) in [6, 6.07) is 6.86. The van der Waals surface area contributed by atoms with Gasteiger partial charge in [0.25, 0.3) is 0 Å². The molecule has 0 aliphatic rings. The van der Waals surface area contributed by atoms with Crippen LogP contribution >= 0.6 is 11.6 Å². The monoisotopic (exact) mass is 216 g/mol. The third kappa shape index (κ3) is 1.30. The van der Waals surface area contributed by atoms with E-state index in [0.717, 1.165) is 3.97 Å². The molecule has 68 valence electrons. The van der Waals surface area contributed by atoms with Gasteiger partial charge in [0.15, 0.2) is 0 Å². The molecule has 1 aromatic heterocycles. The number of rotatable bonds is 1. The number of para-hydroxylation sites is 2. The fraction of sp³-hybridized carbons (Fsp3) is 0. The Bertz CT molecular complexity index is 524. The zero-order chi connectivity index (χ0) is 9.42. The van der Waals surface area contributed by atoms with Gasteiger partial charge in [0.2, 0.25) is 16.2 Å². The van der Waals surface area contributed by atoms with Crippen molar-refractivity contribution in [3.05, 3.63) is 29.5 Å². The first kappa shape index (κ1) is 8.52. The van der Waals surface area contributed by atoms with E-state index in [9.17, 15) is 8.42 Å². The van der Waals surface area contributed by atoms with Crippen molar-refractivity contribution in [2.45, 2.75) is 0 Å². The minimum atomic E-state index is -2.76. The van der Waals surface area contributed by atoms with Crippen molar-refractivity contribution >= 4 is 33.5 Å². The number of thiol groups is 1. The van der Waals surface area contributed by atoms with Gasteiger partial charge in [0, 0.05) is 0 Å². The summed E-state index contributed by atoms with van der Waals surface area (Å²) in [7, 11) is -2.76. The molecule has 0 fully saturated rings. The third-order valence-electron chi connectivity index (χ3n) is 1.66. The summed E-state index contributed by atoms with van der Waals surface area (Å²) < 4.78 is 22.5. The van der Waals surface area contributed by atoms with Gasteiger partial charge in [-0.25, -0.2) is 17.4 Å². The van der Waals surface area contributed by atoms with Crippen molar-refractivity contribution in [3.63, 3.8) is 0 Å². The zero-order valence-corrected chi connectivity index (χ0v) is 8.00. The van der Waals surface area contributed by atoms with E-state index in [-0.39, 0.29) is 5.28 Å². The first-order valence-electron chi connectivity index (χ1n) is 3.48. The van der Waals surface area contributed by atoms with Crippen molar-refractivity contribution in [3.8, 4) is 0 Å². The van der Waals surface area contributed by atoms with Crippen molar-refractivity contribution in [2.24, 2.45) is 0 Å². The summed E-state index contributed by atoms with van der Waals surface area (Å²) in [6.07, 6.45) is 0. The van der Waals surface area contributed by atoms with Crippen LogP contribution in [0.4, 0.5) is 0 Å². The van der Waals surface area contributed by atoms with Gasteiger partial charge < -0.3 is 0 Å². The molecule has 0 saturated heterocycles. The molecule has 2 aromatic rings. The molecule has 0 atom stereocenters. The largest absolute Gasteiger partial charge is 0.231 e. The Balaban J connectivity index is 2.94. The Labute approximate surface area is 80.8 Å². The van der Waals surface area contributed by atoms with Crippen LogP contribution in [0.1, 0.15) is 0 Å². The number of halogens is 1. The lowest BCUT2D eigenvalue weighted by molar-refractivity contribution is 0.608. The highest BCUT2D eigenvalue weighted by molar-refractivity contribution is 7.71. The molecule has 2 rings (SSSR count). The van der Waals surface area contributed by atoms with E-state index in [4.69, 9.17) is 11.6 Å². The van der Waals surface area contributed by atoms with Gasteiger partial charge in [-0.15, -0.1) is 0 Å². The first-order valence-corrected chi connectivity index (χ1v) is 4.98. The van der Waals surface area contributed by atoms with E-state index in [0.29, 0.717) is 11.0 Å². The summed E-state index contributed by atoms with van der Waals surface area (Å²) in [4.78, 5) is 3.88. The molecule has 0 aliphatic heterocycles. The van der Waals surface area contributed by atoms with Crippen molar-refractivity contribution in [2.75, 3.05) is 0 Å². The summed E-state index contributed by atoms with van der Waals surface area (Å²) in [6.45, 7) is 0. The average molecular weight is 217 g/mol. The summed E-state index contributed by atoms with van der Waals surface area (Å²) in [5.41, 5.74) is 1.08. The summed E-state index contributed by atoms with van der Waals surface area (Å²) in [5, 5.41) is -0.0303. The van der Waals surface area contributed by atoms with E-state index in [2.05, 4.69) is 4.98 Å². The molecule has 0 aliphatic carbocycles. The zero-order valence-electron chi connectivity index (χ0n) is 6.35. The number of hydrogen-bond acceptors (Lipinski definition) is 3. The van der Waals surface area contributed by atoms with Gasteiger partial charge in [-0.05, 0) is 23.7 Å². The van der Waals surface area contributed by atoms with Crippen LogP contribution in [0, 0.1) is 0 Å². The molecule has 0 spiro atoms. The molecule has 1 aromatic carbocycles. The highest BCUT2D eigenvalue weighted by Gasteiger charge is 2.08. The van der Waals surface area contributed by atoms with Gasteiger partial charge in [0.1, 0.15) is 0 Å². The average Bonchev–Trinajstić information content (AvgIpc) is 2.39. The molecule has 4 nitrogen and oxygen atoms in total. The van der Waals surface area contributed by atoms with Gasteiger partial charge in [0.05, 0.1) is 11.0 Å². The fourth-order valence-electron chi connectivity index (χ4n) is 1.14. The second kappa shape index (κ2) is 3.01. The molecule has 6 heteroatoms. The quantitative estimate of drug-likeness (QED) is 0.726. The number of nitrogens with zero attached hydrogens (tertiary/aromatic N) is 2. The number of imidazole rings is 1. The van der Waals surface area contributed by atoms with Crippen LogP contribution in [-0.2, 0) is 10.9 Å². The van der Waals surface area contributed by atoms with Gasteiger partial charge in [-0.1, -0.05) is 12.1 Å². The highest BCUT2D eigenvalue weighted by atomic mass is 35.5. The Hall–Kier alpha value is -1.07. The Kier molecular flexibility index (Phi) is 1.97. The maximum Gasteiger partial charge on any atom is 0.231 e. The molecule has 0 unspecified atom stereocenters. The Morgan fingerprint density at radius 1 is 1.31 bits per heavy atom. The molecular formula is C7H5ClN2O2S. The van der Waals surface area contributed by atoms with E-state index in [1.54, 1.807) is 24.3 Å². The first-order chi connectivity index (χ1) is 6.20. The minimum absolute atomic E-state index is 0.0303. The molecule has 0 saturated carbocycles. The Morgan fingerprint density at radius 2 is 2.00 bits per heavy atom. The van der Waals surface area contributed by atoms with Gasteiger partial charge >= 0.3 is 0 Å². The number of hydrogen-bond donors (Lipinski definition) is 1. The van der Waals surface area contributed by atoms with Crippen LogP contribution in [0.15, 0.2) is 24.3 Å². The predicted molar refractivity (Wildman–Crippen MR) is 50.5 cm³/mol. The van der Waals surface area contributed by atoms with Crippen LogP contribution in [0.25, 0.3) is 11.0 Å². The van der Waals surface area contributed by atoms with Gasteiger partial charge in [-0.3, -0.25) is 0 Å². The molecule has 0 amide bonds. The van der Waals surface area contributed by atoms with Gasteiger partial charge in [-0.2, -0.15) is 0 Å².